The zero-order valence-electron chi connectivity index (χ0n) is 63.0. The second-order valence-corrected chi connectivity index (χ2v) is 32.0. The van der Waals surface area contributed by atoms with Gasteiger partial charge < -0.3 is 103 Å². The van der Waals surface area contributed by atoms with E-state index < -0.39 is 149 Å². The first-order valence-corrected chi connectivity index (χ1v) is 39.1. The van der Waals surface area contributed by atoms with E-state index in [1.54, 1.807) is 69.9 Å². The molecule has 8 rings (SSSR count). The van der Waals surface area contributed by atoms with E-state index in [9.17, 15) is 54.3 Å². The summed E-state index contributed by atoms with van der Waals surface area (Å²) in [5.41, 5.74) is 11.6. The number of benzene rings is 2. The third kappa shape index (κ3) is 23.1. The van der Waals surface area contributed by atoms with Crippen molar-refractivity contribution in [3.63, 3.8) is 0 Å². The Bertz CT molecular complexity index is 3810. The van der Waals surface area contributed by atoms with Crippen LogP contribution in [0.4, 0.5) is 4.79 Å². The predicted octanol–water partition coefficient (Wildman–Crippen LogP) is 5.62. The molecule has 0 saturated carbocycles. The number of allylic oxidation sites excluding steroid dienone is 3. The van der Waals surface area contributed by atoms with E-state index >= 15 is 0 Å². The van der Waals surface area contributed by atoms with E-state index in [0.717, 1.165) is 24.4 Å². The smallest absolute Gasteiger partial charge is 0.411 e. The minimum Gasteiger partial charge on any atom is -0.668 e. The molecular formula is C73H96IN6O25S3Y-. The van der Waals surface area contributed by atoms with Gasteiger partial charge in [-0.25, -0.2) is 10.2 Å². The molecule has 9 N–H and O–H groups in total. The number of ether oxygens (including phenoxy) is 13. The predicted molar refractivity (Wildman–Crippen MR) is 405 cm³/mol. The van der Waals surface area contributed by atoms with Crippen LogP contribution >= 0.6 is 55.9 Å². The van der Waals surface area contributed by atoms with Crippen LogP contribution in [0, 0.1) is 34.2 Å². The van der Waals surface area contributed by atoms with Crippen molar-refractivity contribution in [3.8, 4) is 46.7 Å². The molecule has 2 aromatic carbocycles. The van der Waals surface area contributed by atoms with Gasteiger partial charge in [0.1, 0.15) is 42.4 Å². The Balaban J connectivity index is 0.0000165. The van der Waals surface area contributed by atoms with Gasteiger partial charge in [0.05, 0.1) is 109 Å². The Hall–Kier alpha value is -5.05. The number of fused-ring (bicyclic) bond motifs is 2. The number of methoxy groups -OCH3 is 5. The molecule has 2 bridgehead atoms. The SMILES string of the molecule is CCN(C(C)=O)[C@H]1CO[C@@H](O[C@H]2[C@H](O[C@@H]3C#C/C=C\C#C[C@]4(O)CC(=O)C(NC(=O)OC)=C3/C4=C\CSSC(C)(C)CC(=O)N/N=C(\C)c3ccc(OCCCC([NH-])=O)cc3)O[C@H](C)[C@@H](NO[C@H]3C[C@H](O)[C@H](SC(=O)c4c(C)c(I)c(O[C@@H]5O[C@@H](C)[C@H](O)[C@@H](OC)[C@H]5O)c(OC)c4OC)[C@@H](C)O3)[C@@H]2O)C[C@@H]1OC.[Y]. The minimum absolute atomic E-state index is 0. The third-order valence-corrected chi connectivity index (χ3v) is 24.4. The third-order valence-electron chi connectivity index (χ3n) is 18.6. The van der Waals surface area contributed by atoms with Gasteiger partial charge in [-0.1, -0.05) is 63.1 Å². The summed E-state index contributed by atoms with van der Waals surface area (Å²) in [7, 11) is 9.27. The monoisotopic (exact) mass is 1770 g/mol. The first kappa shape index (κ1) is 91.1. The number of amides is 4. The maximum atomic E-state index is 14.6. The Morgan fingerprint density at radius 1 is 0.872 bits per heavy atom. The molecule has 36 heteroatoms. The van der Waals surface area contributed by atoms with Crippen molar-refractivity contribution in [3.05, 3.63) is 85.3 Å². The van der Waals surface area contributed by atoms with Crippen molar-refractivity contribution in [2.24, 2.45) is 5.10 Å². The zero-order chi connectivity index (χ0) is 79.1. The fourth-order valence-electron chi connectivity index (χ4n) is 13.0. The number of nitrogens with zero attached hydrogens (tertiary/aromatic N) is 2. The summed E-state index contributed by atoms with van der Waals surface area (Å²) in [6.45, 7) is 15.8. The molecule has 0 aromatic heterocycles. The number of hydrogen-bond donors (Lipinski definition) is 8. The molecule has 0 spiro atoms. The standard InChI is InChI=1S/C73H97IN6O25S3.Y/c1-15-80(41(7)81)45-35-98-52(32-49(45)92-10)103-65-60(87)57(79-105-53-31-46(82)67(40(6)99-53)107-68(89)54-36(2)56(74)63(66(95-13)62(54)93-11)104-69-61(88)64(94-12)59(86)39(5)101-69)38(4)100-70(65)102-48-21-18-16-17-19-28-73(91)33-47(83)58(76-71(90)96-14)55(48)44(73)27-30-106-108-72(8,9)34-51(85)78-77-37(3)42-23-25-43(26-24-42)97-29-20-22-50(75)84;/h16-17,23-27,38-40,45-46,48-49,52-53,57,59-61,64-65,67,69-70,79,82,86-88,91H,15,20,22,29-35H2,1-14H3,(H4,75,76,78,84,85,90);/p-1/b17-16-,44-27+,77-37+;/t38-,39+,40-,45+,46+,48-,49+,52+,53+,57-,59+,60+,61-,64-,65-,67-,69+,70+,73+;/m1./s1. The van der Waals surface area contributed by atoms with Gasteiger partial charge in [-0.05, 0) is 138 Å². The summed E-state index contributed by atoms with van der Waals surface area (Å²) in [5.74, 6) is 10.2. The summed E-state index contributed by atoms with van der Waals surface area (Å²) in [4.78, 5) is 87.4. The fraction of sp³-hybridized carbons (Fsp3) is 0.603. The number of alkyl carbamates (subject to hydrolysis) is 1. The van der Waals surface area contributed by atoms with Gasteiger partial charge >= 0.3 is 6.09 Å². The van der Waals surface area contributed by atoms with E-state index in [2.05, 4.69) is 45.0 Å². The second-order valence-electron chi connectivity index (χ2n) is 26.7. The maximum absolute atomic E-state index is 14.6. The Labute approximate surface area is 684 Å². The van der Waals surface area contributed by atoms with Gasteiger partial charge in [-0.3, -0.25) is 29.3 Å². The molecule has 0 unspecified atom stereocenters. The van der Waals surface area contributed by atoms with E-state index in [1.807, 2.05) is 43.4 Å². The molecule has 109 heavy (non-hydrogen) atoms. The van der Waals surface area contributed by atoms with Gasteiger partial charge in [0.2, 0.25) is 29.0 Å². The number of hydrogen-bond acceptors (Lipinski definition) is 30. The van der Waals surface area contributed by atoms with E-state index in [4.69, 9.17) is 72.2 Å². The quantitative estimate of drug-likeness (QED) is 0.0113. The summed E-state index contributed by atoms with van der Waals surface area (Å²) >= 11 is 2.78. The molecule has 19 atom stereocenters. The molecule has 4 saturated heterocycles. The van der Waals surface area contributed by atoms with Gasteiger partial charge in [0.25, 0.3) is 0 Å². The average Bonchev–Trinajstić information content (AvgIpc) is 0.755. The van der Waals surface area contributed by atoms with Crippen LogP contribution < -0.4 is 35.2 Å². The molecule has 2 aromatic rings. The number of aliphatic hydroxyl groups is 5. The Morgan fingerprint density at radius 3 is 2.21 bits per heavy atom. The van der Waals surface area contributed by atoms with Gasteiger partial charge in [0, 0.05) is 107 Å². The average molecular weight is 1770 g/mol. The van der Waals surface area contributed by atoms with Crippen LogP contribution in [0.25, 0.3) is 5.73 Å². The summed E-state index contributed by atoms with van der Waals surface area (Å²) in [6.07, 6.45) is -15.4. The van der Waals surface area contributed by atoms with E-state index in [1.165, 1.54) is 69.1 Å². The maximum Gasteiger partial charge on any atom is 0.411 e. The largest absolute Gasteiger partial charge is 0.668 e. The second kappa shape index (κ2) is 41.8. The fourth-order valence-corrected chi connectivity index (χ4v) is 17.1. The van der Waals surface area contributed by atoms with Gasteiger partial charge in [0.15, 0.2) is 41.8 Å². The first-order valence-electron chi connectivity index (χ1n) is 34.9. The molecule has 597 valence electrons. The number of carbonyl (C=O) groups is 6. The number of ketones is 1. The van der Waals surface area contributed by atoms with E-state index in [-0.39, 0.29) is 129 Å². The summed E-state index contributed by atoms with van der Waals surface area (Å²) in [5, 5.41) is 64.5. The number of hydroxylamine groups is 1. The van der Waals surface area contributed by atoms with E-state index in [0.29, 0.717) is 33.6 Å². The zero-order valence-corrected chi connectivity index (χ0v) is 70.4. The van der Waals surface area contributed by atoms with Gasteiger partial charge in [-0.2, -0.15) is 10.6 Å². The van der Waals surface area contributed by atoms with Crippen molar-refractivity contribution >= 4 is 96.4 Å². The number of hydrazone groups is 1. The van der Waals surface area contributed by atoms with Crippen LogP contribution in [0.5, 0.6) is 23.0 Å². The Morgan fingerprint density at radius 2 is 1.57 bits per heavy atom. The molecule has 4 aliphatic heterocycles. The number of likely N-dealkylation sites (N-methyl/N-ethyl adjacent to an activating group) is 1. The molecule has 4 amide bonds. The molecule has 4 fully saturated rings. The van der Waals surface area contributed by atoms with Crippen LogP contribution in [0.15, 0.2) is 64.4 Å². The van der Waals surface area contributed by atoms with Crippen LogP contribution in [0.1, 0.15) is 115 Å². The number of Topliss-reactive ketones (excluding diaryl/α,β-unsaturated/α-hetero) is 1. The Kier molecular flexibility index (Phi) is 35.0. The van der Waals surface area contributed by atoms with Crippen molar-refractivity contribution in [1.29, 1.82) is 0 Å². The number of aliphatic hydroxyl groups excluding tert-OH is 4. The van der Waals surface area contributed by atoms with Gasteiger partial charge in [-0.15, -0.1) is 0 Å². The topological polar surface area (TPSA) is 408 Å². The summed E-state index contributed by atoms with van der Waals surface area (Å²) < 4.78 is 78.1. The first-order chi connectivity index (χ1) is 51.3. The molecule has 1 radical (unpaired) electrons. The number of thioether (sulfide) groups is 1. The van der Waals surface area contributed by atoms with Crippen molar-refractivity contribution < 1.29 is 153 Å². The molecular weight excluding hydrogens is 1670 g/mol. The number of carbonyl (C=O) groups excluding carboxylic acids is 6. The van der Waals surface area contributed by atoms with Crippen molar-refractivity contribution in [1.82, 2.24) is 21.1 Å². The van der Waals surface area contributed by atoms with Crippen LogP contribution in [0.2, 0.25) is 0 Å². The number of halogens is 1. The number of nitrogens with one attached hydrogen (secondary N) is 4. The van der Waals surface area contributed by atoms with Crippen LogP contribution in [0.3, 0.4) is 0 Å². The van der Waals surface area contributed by atoms with Crippen molar-refractivity contribution in [2.75, 3.05) is 61.1 Å². The molecule has 6 aliphatic rings. The molecule has 4 heterocycles. The number of rotatable bonds is 31. The van der Waals surface area contributed by atoms with Crippen molar-refractivity contribution in [2.45, 2.75) is 221 Å². The molecule has 2 aliphatic carbocycles. The van der Waals surface area contributed by atoms with Crippen LogP contribution in [-0.2, 0) is 99.4 Å². The van der Waals surface area contributed by atoms with Crippen LogP contribution in [-0.4, -0.2) is 252 Å². The molecule has 31 nitrogen and oxygen atoms in total. The summed E-state index contributed by atoms with van der Waals surface area (Å²) in [6, 6.07) is 5.30. The normalized spacial score (nSPS) is 30.4. The minimum atomic E-state index is -2.23.